The summed E-state index contributed by atoms with van der Waals surface area (Å²) in [4.78, 5) is 0. The Balaban J connectivity index is 0. The van der Waals surface area contributed by atoms with Gasteiger partial charge in [0.05, 0.1) is 4.66 Å². The summed E-state index contributed by atoms with van der Waals surface area (Å²) in [6.07, 6.45) is 0. The third-order valence-electron chi connectivity index (χ3n) is 0.134. The van der Waals surface area contributed by atoms with Crippen molar-refractivity contribution in [1.29, 1.82) is 0 Å². The van der Waals surface area contributed by atoms with Crippen molar-refractivity contribution >= 4 is 26.0 Å². The van der Waals surface area contributed by atoms with E-state index in [9.17, 15) is 13.0 Å². The van der Waals surface area contributed by atoms with Gasteiger partial charge in [-0.05, 0) is 0 Å². The maximum absolute atomic E-state index is 9.40. The summed E-state index contributed by atoms with van der Waals surface area (Å²) in [6.45, 7) is 0. The zero-order valence-corrected chi connectivity index (χ0v) is 8.12. The maximum Gasteiger partial charge on any atom is 1.00 e. The smallest absolute Gasteiger partial charge is 0.747 e. The van der Waals surface area contributed by atoms with Crippen molar-refractivity contribution in [2.45, 2.75) is 0 Å². The predicted octanol–water partition coefficient (Wildman–Crippen LogP) is -3.11. The van der Waals surface area contributed by atoms with E-state index in [4.69, 9.17) is 0 Å². The van der Waals surface area contributed by atoms with Crippen LogP contribution in [0, 0.1) is 0 Å². The maximum atomic E-state index is 9.40. The van der Waals surface area contributed by atoms with Crippen molar-refractivity contribution in [3.8, 4) is 0 Å². The molecule has 6 heteroatoms. The van der Waals surface area contributed by atoms with Crippen LogP contribution in [0.25, 0.3) is 0 Å². The van der Waals surface area contributed by atoms with Crippen molar-refractivity contribution < 1.29 is 42.5 Å². The average Bonchev–Trinajstić information content (AvgIpc) is 1.35. The van der Waals surface area contributed by atoms with E-state index in [-0.39, 0.29) is 29.6 Å². The second-order valence-corrected chi connectivity index (χ2v) is 3.37. The summed E-state index contributed by atoms with van der Waals surface area (Å²) in [6, 6.07) is 0. The van der Waals surface area contributed by atoms with Crippen LogP contribution in [-0.2, 0) is 10.1 Å². The van der Waals surface area contributed by atoms with Crippen molar-refractivity contribution in [2.24, 2.45) is 0 Å². The number of halogens is 1. The third-order valence-corrected chi connectivity index (χ3v) is 2.08. The van der Waals surface area contributed by atoms with E-state index in [0.717, 1.165) is 0 Å². The van der Waals surface area contributed by atoms with E-state index in [1.165, 1.54) is 0 Å². The Hall–Kier alpha value is 1.39. The fraction of sp³-hybridized carbons (Fsp3) is 1.00. The molecular weight excluding hydrogens is 195 g/mol. The minimum absolute atomic E-state index is 0. The Morgan fingerprint density at radius 1 is 1.57 bits per heavy atom. The fourth-order valence-corrected chi connectivity index (χ4v) is 0. The number of alkyl halides is 1. The second kappa shape index (κ2) is 4.29. The Morgan fingerprint density at radius 3 is 1.71 bits per heavy atom. The Labute approximate surface area is 72.6 Å². The number of rotatable bonds is 1. The largest absolute Gasteiger partial charge is 1.00 e. The van der Waals surface area contributed by atoms with Gasteiger partial charge in [0.15, 0.2) is 0 Å². The monoisotopic (exact) mass is 196 g/mol. The van der Waals surface area contributed by atoms with E-state index in [1.54, 1.807) is 0 Å². The van der Waals surface area contributed by atoms with Gasteiger partial charge in [-0.3, -0.25) is 0 Å². The van der Waals surface area contributed by atoms with Crippen LogP contribution < -0.4 is 29.6 Å². The van der Waals surface area contributed by atoms with Gasteiger partial charge in [0, 0.05) is 0 Å². The van der Waals surface area contributed by atoms with Crippen LogP contribution in [0.2, 0.25) is 0 Å². The molecule has 0 saturated heterocycles. The van der Waals surface area contributed by atoms with Crippen LogP contribution in [0.15, 0.2) is 0 Å². The van der Waals surface area contributed by atoms with Crippen LogP contribution in [0.1, 0.15) is 0 Å². The molecule has 38 valence electrons. The minimum Gasteiger partial charge on any atom is -0.747 e. The molecule has 0 aliphatic carbocycles. The van der Waals surface area contributed by atoms with Crippen LogP contribution in [-0.4, -0.2) is 17.6 Å². The molecule has 0 atom stereocenters. The first-order valence-corrected chi connectivity index (χ1v) is 3.75. The molecule has 0 unspecified atom stereocenters. The minimum atomic E-state index is -4.00. The van der Waals surface area contributed by atoms with Crippen molar-refractivity contribution in [3.05, 3.63) is 0 Å². The topological polar surface area (TPSA) is 57.2 Å². The first kappa shape index (κ1) is 11.2. The van der Waals surface area contributed by atoms with Gasteiger partial charge in [-0.1, -0.05) is 15.9 Å². The van der Waals surface area contributed by atoms with E-state index in [0.29, 0.717) is 0 Å². The number of hydrogen-bond donors (Lipinski definition) is 0. The molecule has 0 spiro atoms. The fourth-order valence-electron chi connectivity index (χ4n) is 0. The third kappa shape index (κ3) is 11.1. The summed E-state index contributed by atoms with van der Waals surface area (Å²) in [5.74, 6) is 0. The van der Waals surface area contributed by atoms with Crippen LogP contribution >= 0.6 is 15.9 Å². The molecule has 0 aliphatic rings. The standard InChI is InChI=1S/CH3BrO3S.Na/c2-1-6(3,4)5;/h1H2,(H,3,4,5);/q;+1/p-1. The molecule has 0 heterocycles. The van der Waals surface area contributed by atoms with Gasteiger partial charge in [-0.15, -0.1) is 0 Å². The summed E-state index contributed by atoms with van der Waals surface area (Å²) in [5, 5.41) is 0. The van der Waals surface area contributed by atoms with Crippen LogP contribution in [0.5, 0.6) is 0 Å². The van der Waals surface area contributed by atoms with Crippen LogP contribution in [0.4, 0.5) is 0 Å². The normalized spacial score (nSPS) is 10.0. The summed E-state index contributed by atoms with van der Waals surface area (Å²) in [5.41, 5.74) is 0. The van der Waals surface area contributed by atoms with Crippen molar-refractivity contribution in [1.82, 2.24) is 0 Å². The Morgan fingerprint density at radius 2 is 1.71 bits per heavy atom. The quantitative estimate of drug-likeness (QED) is 0.254. The zero-order chi connectivity index (χ0) is 5.21. The zero-order valence-electron chi connectivity index (χ0n) is 3.72. The van der Waals surface area contributed by atoms with Gasteiger partial charge in [0.1, 0.15) is 10.1 Å². The number of hydrogen-bond acceptors (Lipinski definition) is 3. The summed E-state index contributed by atoms with van der Waals surface area (Å²) < 4.78 is 27.7. The van der Waals surface area contributed by atoms with E-state index < -0.39 is 14.8 Å². The van der Waals surface area contributed by atoms with Crippen LogP contribution in [0.3, 0.4) is 0 Å². The van der Waals surface area contributed by atoms with Crippen molar-refractivity contribution in [3.63, 3.8) is 0 Å². The average molecular weight is 197 g/mol. The Kier molecular flexibility index (Phi) is 6.87. The molecule has 0 bridgehead atoms. The molecule has 0 fully saturated rings. The molecule has 0 saturated carbocycles. The van der Waals surface area contributed by atoms with Gasteiger partial charge >= 0.3 is 29.6 Å². The van der Waals surface area contributed by atoms with Gasteiger partial charge in [0.2, 0.25) is 0 Å². The van der Waals surface area contributed by atoms with E-state index in [2.05, 4.69) is 15.9 Å². The molecule has 0 aromatic carbocycles. The molecule has 0 rings (SSSR count). The van der Waals surface area contributed by atoms with Gasteiger partial charge in [-0.25, -0.2) is 8.42 Å². The Bertz CT molecular complexity index is 117. The first-order valence-electron chi connectivity index (χ1n) is 1.06. The molecule has 0 amide bonds. The molecule has 0 N–H and O–H groups in total. The SMILES string of the molecule is O=S(=O)([O-])CBr.[Na+]. The molecule has 0 aliphatic heterocycles. The molecule has 0 radical (unpaired) electrons. The van der Waals surface area contributed by atoms with E-state index in [1.807, 2.05) is 0 Å². The van der Waals surface area contributed by atoms with Gasteiger partial charge in [0.25, 0.3) is 0 Å². The molecule has 0 aromatic heterocycles. The first-order chi connectivity index (χ1) is 2.56. The van der Waals surface area contributed by atoms with E-state index >= 15 is 0 Å². The summed E-state index contributed by atoms with van der Waals surface area (Å²) >= 11 is 2.47. The molecule has 3 nitrogen and oxygen atoms in total. The van der Waals surface area contributed by atoms with Gasteiger partial charge in [-0.2, -0.15) is 0 Å². The summed E-state index contributed by atoms with van der Waals surface area (Å²) in [7, 11) is -4.00. The van der Waals surface area contributed by atoms with Gasteiger partial charge < -0.3 is 4.55 Å². The van der Waals surface area contributed by atoms with Crippen molar-refractivity contribution in [2.75, 3.05) is 4.66 Å². The predicted molar refractivity (Wildman–Crippen MR) is 23.5 cm³/mol. The molecule has 7 heavy (non-hydrogen) atoms. The second-order valence-electron chi connectivity index (χ2n) is 0.667. The molecular formula is CH2BrNaO3S. The molecule has 0 aromatic rings.